The van der Waals surface area contributed by atoms with Gasteiger partial charge in [-0.1, -0.05) is 6.92 Å². The Morgan fingerprint density at radius 2 is 1.67 bits per heavy atom. The molecule has 0 radical (unpaired) electrons. The lowest BCUT2D eigenvalue weighted by molar-refractivity contribution is 0.168. The summed E-state index contributed by atoms with van der Waals surface area (Å²) in [4.78, 5) is 2.38. The van der Waals surface area contributed by atoms with E-state index in [1.807, 2.05) is 0 Å². The number of rotatable bonds is 5. The monoisotopic (exact) mass is 318 g/mol. The van der Waals surface area contributed by atoms with E-state index < -0.39 is 10.2 Å². The number of hydrogen-bond donors (Lipinski definition) is 1. The molecule has 7 heteroatoms. The minimum Gasteiger partial charge on any atom is -0.330 e. The molecule has 6 nitrogen and oxygen atoms in total. The third-order valence-corrected chi connectivity index (χ3v) is 7.16. The predicted octanol–water partition coefficient (Wildman–Crippen LogP) is 0.318. The summed E-state index contributed by atoms with van der Waals surface area (Å²) in [5.41, 5.74) is 5.68. The van der Waals surface area contributed by atoms with Crippen LogP contribution in [-0.4, -0.2) is 74.3 Å². The lowest BCUT2D eigenvalue weighted by Crippen LogP contribution is -2.52. The molecule has 0 bridgehead atoms. The van der Waals surface area contributed by atoms with E-state index in [0.717, 1.165) is 45.3 Å². The second-order valence-corrected chi connectivity index (χ2v) is 8.26. The second-order valence-electron chi connectivity index (χ2n) is 6.27. The van der Waals surface area contributed by atoms with Crippen LogP contribution in [0, 0.1) is 5.92 Å². The van der Waals surface area contributed by atoms with Crippen LogP contribution in [0.2, 0.25) is 0 Å². The first-order valence-corrected chi connectivity index (χ1v) is 9.54. The maximum atomic E-state index is 12.7. The van der Waals surface area contributed by atoms with Gasteiger partial charge in [0, 0.05) is 26.2 Å². The molecular formula is C14H30N4O2S. The van der Waals surface area contributed by atoms with E-state index >= 15 is 0 Å². The Labute approximate surface area is 129 Å². The van der Waals surface area contributed by atoms with Crippen LogP contribution in [0.3, 0.4) is 0 Å². The van der Waals surface area contributed by atoms with Gasteiger partial charge in [-0.05, 0) is 57.8 Å². The van der Waals surface area contributed by atoms with E-state index in [2.05, 4.69) is 11.8 Å². The molecule has 0 atom stereocenters. The van der Waals surface area contributed by atoms with Crippen LogP contribution in [0.15, 0.2) is 0 Å². The van der Waals surface area contributed by atoms with Crippen LogP contribution >= 0.6 is 0 Å². The predicted molar refractivity (Wildman–Crippen MR) is 85.2 cm³/mol. The summed E-state index contributed by atoms with van der Waals surface area (Å²) >= 11 is 0. The molecule has 2 N–H and O–H groups in total. The molecule has 2 aliphatic heterocycles. The highest BCUT2D eigenvalue weighted by Crippen LogP contribution is 2.24. The van der Waals surface area contributed by atoms with Gasteiger partial charge in [-0.2, -0.15) is 17.0 Å². The fourth-order valence-electron chi connectivity index (χ4n) is 3.35. The number of nitrogens with zero attached hydrogens (tertiary/aromatic N) is 3. The molecule has 124 valence electrons. The lowest BCUT2D eigenvalue weighted by atomic mass is 9.99. The van der Waals surface area contributed by atoms with Crippen molar-refractivity contribution in [2.24, 2.45) is 11.7 Å². The molecule has 0 amide bonds. The number of likely N-dealkylation sites (tertiary alicyclic amines) is 1. The first-order chi connectivity index (χ1) is 9.98. The van der Waals surface area contributed by atoms with Gasteiger partial charge in [0.1, 0.15) is 0 Å². The Balaban J connectivity index is 1.93. The Kier molecular flexibility index (Phi) is 6.02. The summed E-state index contributed by atoms with van der Waals surface area (Å²) in [5.74, 6) is 0.481. The van der Waals surface area contributed by atoms with Gasteiger partial charge in [-0.3, -0.25) is 0 Å². The van der Waals surface area contributed by atoms with Gasteiger partial charge in [-0.25, -0.2) is 0 Å². The van der Waals surface area contributed by atoms with Crippen molar-refractivity contribution in [2.45, 2.75) is 38.6 Å². The van der Waals surface area contributed by atoms with Crippen molar-refractivity contribution in [3.05, 3.63) is 0 Å². The van der Waals surface area contributed by atoms with E-state index in [1.54, 1.807) is 15.7 Å². The zero-order valence-corrected chi connectivity index (χ0v) is 14.2. The van der Waals surface area contributed by atoms with Gasteiger partial charge in [0.25, 0.3) is 10.2 Å². The molecule has 0 saturated carbocycles. The molecule has 0 aromatic heterocycles. The third kappa shape index (κ3) is 3.96. The normalized spacial score (nSPS) is 24.8. The SMILES string of the molecule is CCN1CCC(N(C)S(=O)(=O)N2CCC(CN)CC2)CC1. The minimum atomic E-state index is -3.31. The molecular weight excluding hydrogens is 288 g/mol. The molecule has 2 saturated heterocycles. The molecule has 0 spiro atoms. The van der Waals surface area contributed by atoms with Crippen molar-refractivity contribution >= 4 is 10.2 Å². The molecule has 0 aromatic carbocycles. The van der Waals surface area contributed by atoms with Gasteiger partial charge in [-0.15, -0.1) is 0 Å². The average Bonchev–Trinajstić information content (AvgIpc) is 2.54. The highest BCUT2D eigenvalue weighted by Gasteiger charge is 2.35. The van der Waals surface area contributed by atoms with Gasteiger partial charge in [0.05, 0.1) is 0 Å². The second kappa shape index (κ2) is 7.37. The van der Waals surface area contributed by atoms with Crippen molar-refractivity contribution in [1.29, 1.82) is 0 Å². The van der Waals surface area contributed by atoms with E-state index in [4.69, 9.17) is 5.73 Å². The maximum Gasteiger partial charge on any atom is 0.281 e. The summed E-state index contributed by atoms with van der Waals surface area (Å²) in [6.45, 7) is 7.09. The number of piperidine rings is 2. The largest absolute Gasteiger partial charge is 0.330 e. The van der Waals surface area contributed by atoms with Crippen LogP contribution in [0.25, 0.3) is 0 Å². The highest BCUT2D eigenvalue weighted by atomic mass is 32.2. The van der Waals surface area contributed by atoms with Crippen molar-refractivity contribution < 1.29 is 8.42 Å². The minimum absolute atomic E-state index is 0.144. The zero-order valence-electron chi connectivity index (χ0n) is 13.4. The van der Waals surface area contributed by atoms with Crippen LogP contribution in [0.4, 0.5) is 0 Å². The molecule has 2 fully saturated rings. The third-order valence-electron chi connectivity index (χ3n) is 5.12. The van der Waals surface area contributed by atoms with Crippen LogP contribution in [-0.2, 0) is 10.2 Å². The van der Waals surface area contributed by atoms with Crippen LogP contribution in [0.5, 0.6) is 0 Å². The summed E-state index contributed by atoms with van der Waals surface area (Å²) in [5, 5.41) is 0. The lowest BCUT2D eigenvalue weighted by Gasteiger charge is -2.39. The molecule has 0 aliphatic carbocycles. The van der Waals surface area contributed by atoms with Gasteiger partial charge in [0.2, 0.25) is 0 Å². The maximum absolute atomic E-state index is 12.7. The van der Waals surface area contributed by atoms with E-state index in [0.29, 0.717) is 25.6 Å². The fourth-order valence-corrected chi connectivity index (χ4v) is 4.97. The van der Waals surface area contributed by atoms with Gasteiger partial charge >= 0.3 is 0 Å². The molecule has 2 rings (SSSR count). The van der Waals surface area contributed by atoms with Gasteiger partial charge in [0.15, 0.2) is 0 Å². The Morgan fingerprint density at radius 1 is 1.10 bits per heavy atom. The highest BCUT2D eigenvalue weighted by molar-refractivity contribution is 7.86. The van der Waals surface area contributed by atoms with Crippen LogP contribution < -0.4 is 5.73 Å². The van der Waals surface area contributed by atoms with E-state index in [9.17, 15) is 8.42 Å². The quantitative estimate of drug-likeness (QED) is 0.792. The first kappa shape index (κ1) is 17.1. The van der Waals surface area contributed by atoms with Gasteiger partial charge < -0.3 is 10.6 Å². The zero-order chi connectivity index (χ0) is 15.5. The molecule has 0 unspecified atom stereocenters. The number of hydrogen-bond acceptors (Lipinski definition) is 4. The van der Waals surface area contributed by atoms with Crippen molar-refractivity contribution in [3.8, 4) is 0 Å². The Hall–Kier alpha value is -0.210. The molecule has 2 heterocycles. The van der Waals surface area contributed by atoms with Crippen LogP contribution in [0.1, 0.15) is 32.6 Å². The first-order valence-electron chi connectivity index (χ1n) is 8.14. The summed E-state index contributed by atoms with van der Waals surface area (Å²) in [6.07, 6.45) is 3.64. The van der Waals surface area contributed by atoms with Crippen molar-refractivity contribution in [1.82, 2.24) is 13.5 Å². The summed E-state index contributed by atoms with van der Waals surface area (Å²) < 4.78 is 28.7. The Bertz CT molecular complexity index is 413. The Morgan fingerprint density at radius 3 is 2.14 bits per heavy atom. The average molecular weight is 318 g/mol. The number of nitrogens with two attached hydrogens (primary N) is 1. The smallest absolute Gasteiger partial charge is 0.281 e. The fraction of sp³-hybridized carbons (Fsp3) is 1.00. The summed E-state index contributed by atoms with van der Waals surface area (Å²) in [7, 11) is -1.56. The molecule has 21 heavy (non-hydrogen) atoms. The summed E-state index contributed by atoms with van der Waals surface area (Å²) in [6, 6.07) is 0.144. The molecule has 2 aliphatic rings. The van der Waals surface area contributed by atoms with Crippen molar-refractivity contribution in [2.75, 3.05) is 46.3 Å². The van der Waals surface area contributed by atoms with E-state index in [-0.39, 0.29) is 6.04 Å². The molecule has 0 aromatic rings. The topological polar surface area (TPSA) is 69.9 Å². The van der Waals surface area contributed by atoms with Crippen molar-refractivity contribution in [3.63, 3.8) is 0 Å². The standard InChI is InChI=1S/C14H30N4O2S/c1-3-17-8-6-14(7-9-17)16(2)21(19,20)18-10-4-13(12-15)5-11-18/h13-14H,3-12,15H2,1-2H3. The van der Waals surface area contributed by atoms with E-state index in [1.165, 1.54) is 0 Å².